The van der Waals surface area contributed by atoms with Crippen molar-refractivity contribution in [1.29, 1.82) is 0 Å². The van der Waals surface area contributed by atoms with Gasteiger partial charge in [0, 0.05) is 19.4 Å². The smallest absolute Gasteiger partial charge is 0.209 e. The Labute approximate surface area is 115 Å². The molecule has 0 radical (unpaired) electrons. The Bertz CT molecular complexity index is 658. The van der Waals surface area contributed by atoms with Crippen LogP contribution in [0.2, 0.25) is 0 Å². The molecule has 0 bridgehead atoms. The first-order valence-electron chi connectivity index (χ1n) is 5.89. The average Bonchev–Trinajstić information content (AvgIpc) is 3.06. The van der Waals surface area contributed by atoms with Gasteiger partial charge in [-0.25, -0.2) is 14.6 Å². The van der Waals surface area contributed by atoms with Crippen LogP contribution in [0.4, 0.5) is 0 Å². The predicted octanol–water partition coefficient (Wildman–Crippen LogP) is 2.29. The number of nitrogens with zero attached hydrogens (tertiary/aromatic N) is 5. The molecule has 0 amide bonds. The van der Waals surface area contributed by atoms with Crippen LogP contribution in [0, 0.1) is 0 Å². The summed E-state index contributed by atoms with van der Waals surface area (Å²) in [7, 11) is 1.99. The molecule has 0 spiro atoms. The first-order valence-corrected chi connectivity index (χ1v) is 6.87. The van der Waals surface area contributed by atoms with Gasteiger partial charge in [-0.15, -0.1) is 5.10 Å². The molecule has 0 N–H and O–H groups in total. The van der Waals surface area contributed by atoms with Crippen LogP contribution in [0.15, 0.2) is 54.2 Å². The van der Waals surface area contributed by atoms with Gasteiger partial charge in [-0.2, -0.15) is 0 Å². The van der Waals surface area contributed by atoms with Gasteiger partial charge in [0.25, 0.3) is 0 Å². The van der Waals surface area contributed by atoms with Gasteiger partial charge in [-0.05, 0) is 12.1 Å². The molecule has 2 aromatic heterocycles. The minimum Gasteiger partial charge on any atom is -0.337 e. The number of benzene rings is 1. The topological polar surface area (TPSA) is 48.5 Å². The highest BCUT2D eigenvalue weighted by Gasteiger charge is 2.05. The highest BCUT2D eigenvalue weighted by atomic mass is 32.2. The van der Waals surface area contributed by atoms with Gasteiger partial charge in [0.05, 0.1) is 11.4 Å². The van der Waals surface area contributed by atoms with Crippen LogP contribution in [0.1, 0.15) is 5.82 Å². The van der Waals surface area contributed by atoms with Gasteiger partial charge >= 0.3 is 0 Å². The zero-order valence-electron chi connectivity index (χ0n) is 10.5. The van der Waals surface area contributed by atoms with E-state index in [4.69, 9.17) is 0 Å². The van der Waals surface area contributed by atoms with E-state index in [0.29, 0.717) is 0 Å². The standard InChI is InChI=1S/C13H13N5S/c1-17-8-7-14-12(17)9-19-13-15-10-18(16-13)11-5-3-2-4-6-11/h2-8,10H,9H2,1H3. The highest BCUT2D eigenvalue weighted by molar-refractivity contribution is 7.98. The van der Waals surface area contributed by atoms with Crippen molar-refractivity contribution in [3.05, 3.63) is 54.9 Å². The summed E-state index contributed by atoms with van der Waals surface area (Å²) in [6, 6.07) is 9.95. The summed E-state index contributed by atoms with van der Waals surface area (Å²) in [6.07, 6.45) is 5.47. The number of aromatic nitrogens is 5. The fourth-order valence-electron chi connectivity index (χ4n) is 1.68. The number of hydrogen-bond acceptors (Lipinski definition) is 4. The van der Waals surface area contributed by atoms with E-state index in [0.717, 1.165) is 22.4 Å². The highest BCUT2D eigenvalue weighted by Crippen LogP contribution is 2.18. The molecule has 0 fully saturated rings. The summed E-state index contributed by atoms with van der Waals surface area (Å²) in [5.74, 6) is 1.78. The van der Waals surface area contributed by atoms with E-state index in [1.807, 2.05) is 48.1 Å². The molecule has 1 aromatic carbocycles. The van der Waals surface area contributed by atoms with E-state index < -0.39 is 0 Å². The zero-order valence-corrected chi connectivity index (χ0v) is 11.3. The molecule has 0 saturated heterocycles. The van der Waals surface area contributed by atoms with Crippen LogP contribution in [0.3, 0.4) is 0 Å². The summed E-state index contributed by atoms with van der Waals surface area (Å²) in [5, 5.41) is 5.20. The summed E-state index contributed by atoms with van der Waals surface area (Å²) in [6.45, 7) is 0. The second-order valence-electron chi connectivity index (χ2n) is 4.05. The largest absolute Gasteiger partial charge is 0.337 e. The van der Waals surface area contributed by atoms with Crippen molar-refractivity contribution >= 4 is 11.8 Å². The SMILES string of the molecule is Cn1ccnc1CSc1ncn(-c2ccccc2)n1. The number of aryl methyl sites for hydroxylation is 1. The first kappa shape index (κ1) is 12.0. The Hall–Kier alpha value is -2.08. The van der Waals surface area contributed by atoms with Gasteiger partial charge in [-0.3, -0.25) is 0 Å². The van der Waals surface area contributed by atoms with Gasteiger partial charge in [0.15, 0.2) is 0 Å². The first-order chi connectivity index (χ1) is 9.33. The van der Waals surface area contributed by atoms with Crippen molar-refractivity contribution in [2.24, 2.45) is 7.05 Å². The van der Waals surface area contributed by atoms with Gasteiger partial charge < -0.3 is 4.57 Å². The summed E-state index contributed by atoms with van der Waals surface area (Å²) < 4.78 is 3.78. The second kappa shape index (κ2) is 5.27. The molecule has 3 rings (SSSR count). The van der Waals surface area contributed by atoms with E-state index >= 15 is 0 Å². The van der Waals surface area contributed by atoms with E-state index in [-0.39, 0.29) is 0 Å². The fourth-order valence-corrected chi connectivity index (χ4v) is 2.49. The molecule has 0 aliphatic carbocycles. The molecule has 5 nitrogen and oxygen atoms in total. The molecule has 3 aromatic rings. The summed E-state index contributed by atoms with van der Waals surface area (Å²) in [5.41, 5.74) is 1.01. The molecule has 0 atom stereocenters. The quantitative estimate of drug-likeness (QED) is 0.683. The molecule has 96 valence electrons. The lowest BCUT2D eigenvalue weighted by Crippen LogP contribution is -1.96. The molecule has 6 heteroatoms. The van der Waals surface area contributed by atoms with E-state index in [2.05, 4.69) is 15.1 Å². The monoisotopic (exact) mass is 271 g/mol. The molecular formula is C13H13N5S. The van der Waals surface area contributed by atoms with Gasteiger partial charge in [0.2, 0.25) is 5.16 Å². The van der Waals surface area contributed by atoms with E-state index in [1.54, 1.807) is 29.0 Å². The second-order valence-corrected chi connectivity index (χ2v) is 4.99. The maximum absolute atomic E-state index is 4.44. The Balaban J connectivity index is 1.70. The summed E-state index contributed by atoms with van der Waals surface area (Å²) >= 11 is 1.58. The van der Waals surface area contributed by atoms with Gasteiger partial charge in [-0.1, -0.05) is 30.0 Å². The Kier molecular flexibility index (Phi) is 3.33. The van der Waals surface area contributed by atoms with Crippen LogP contribution < -0.4 is 0 Å². The van der Waals surface area contributed by atoms with Crippen molar-refractivity contribution in [2.75, 3.05) is 0 Å². The third-order valence-electron chi connectivity index (χ3n) is 2.74. The molecule has 2 heterocycles. The minimum absolute atomic E-state index is 0.756. The van der Waals surface area contributed by atoms with E-state index in [1.165, 1.54) is 0 Å². The lowest BCUT2D eigenvalue weighted by atomic mass is 10.3. The summed E-state index contributed by atoms with van der Waals surface area (Å²) in [4.78, 5) is 8.58. The van der Waals surface area contributed by atoms with Crippen molar-refractivity contribution in [2.45, 2.75) is 10.9 Å². The number of hydrogen-bond donors (Lipinski definition) is 0. The molecule has 0 aliphatic rings. The van der Waals surface area contributed by atoms with E-state index in [9.17, 15) is 0 Å². The number of imidazole rings is 1. The maximum Gasteiger partial charge on any atom is 0.209 e. The lowest BCUT2D eigenvalue weighted by molar-refractivity contribution is 0.828. The van der Waals surface area contributed by atoms with Crippen LogP contribution in [0.5, 0.6) is 0 Å². The van der Waals surface area contributed by atoms with Crippen molar-refractivity contribution < 1.29 is 0 Å². The van der Waals surface area contributed by atoms with Gasteiger partial charge in [0.1, 0.15) is 12.2 Å². The van der Waals surface area contributed by atoms with Crippen molar-refractivity contribution in [3.63, 3.8) is 0 Å². The Morgan fingerprint density at radius 3 is 2.74 bits per heavy atom. The third kappa shape index (κ3) is 2.68. The normalized spacial score (nSPS) is 10.8. The number of thioether (sulfide) groups is 1. The van der Waals surface area contributed by atoms with Crippen LogP contribution in [-0.2, 0) is 12.8 Å². The molecule has 19 heavy (non-hydrogen) atoms. The predicted molar refractivity (Wildman–Crippen MR) is 74.1 cm³/mol. The minimum atomic E-state index is 0.756. The molecular weight excluding hydrogens is 258 g/mol. The average molecular weight is 271 g/mol. The Morgan fingerprint density at radius 1 is 1.16 bits per heavy atom. The van der Waals surface area contributed by atoms with Crippen LogP contribution in [0.25, 0.3) is 5.69 Å². The number of para-hydroxylation sites is 1. The third-order valence-corrected chi connectivity index (χ3v) is 3.59. The molecule has 0 unspecified atom stereocenters. The zero-order chi connectivity index (χ0) is 13.1. The van der Waals surface area contributed by atoms with Crippen molar-refractivity contribution in [1.82, 2.24) is 24.3 Å². The Morgan fingerprint density at radius 2 is 2.00 bits per heavy atom. The van der Waals surface area contributed by atoms with Crippen molar-refractivity contribution in [3.8, 4) is 5.69 Å². The van der Waals surface area contributed by atoms with Crippen LogP contribution in [-0.4, -0.2) is 24.3 Å². The number of rotatable bonds is 4. The fraction of sp³-hybridized carbons (Fsp3) is 0.154. The molecule has 0 saturated carbocycles. The maximum atomic E-state index is 4.44. The lowest BCUT2D eigenvalue weighted by Gasteiger charge is -1.99. The van der Waals surface area contributed by atoms with Crippen LogP contribution >= 0.6 is 11.8 Å². The molecule has 0 aliphatic heterocycles.